The van der Waals surface area contributed by atoms with Crippen LogP contribution in [0.3, 0.4) is 0 Å². The predicted octanol–water partition coefficient (Wildman–Crippen LogP) is 3.25. The molecule has 0 radical (unpaired) electrons. The Balaban J connectivity index is 1.41. The summed E-state index contributed by atoms with van der Waals surface area (Å²) in [4.78, 5) is 29.6. The van der Waals surface area contributed by atoms with Crippen LogP contribution in [0.2, 0.25) is 0 Å². The van der Waals surface area contributed by atoms with Gasteiger partial charge in [0.2, 0.25) is 10.1 Å². The largest absolute Gasteiger partial charge is 0.487 e. The fraction of sp³-hybridized carbons (Fsp3) is 0.227. The smallest absolute Gasteiger partial charge is 0.275 e. The van der Waals surface area contributed by atoms with Crippen molar-refractivity contribution in [2.24, 2.45) is 0 Å². The van der Waals surface area contributed by atoms with E-state index in [0.717, 1.165) is 22.9 Å². The summed E-state index contributed by atoms with van der Waals surface area (Å²) in [5, 5.41) is 26.0. The Hall–Kier alpha value is -3.95. The standard InChI is InChI=1S/C22H19N7O3S2/c1-3-17-26-27-21(33-17)25-20(31)14(11-23)9-13-5-7-16(8-6-13)32-12-15-10-19(30)29-22(24-15)34-18(4-2)28-29/h5-10H,3-4,12H2,1-2H3,(H,25,27,31)/b14-9-. The summed E-state index contributed by atoms with van der Waals surface area (Å²) in [6.07, 6.45) is 2.93. The van der Waals surface area contributed by atoms with Gasteiger partial charge in [-0.1, -0.05) is 48.7 Å². The highest BCUT2D eigenvalue weighted by atomic mass is 32.1. The van der Waals surface area contributed by atoms with Crippen molar-refractivity contribution in [3.63, 3.8) is 0 Å². The molecule has 4 rings (SSSR count). The Morgan fingerprint density at radius 3 is 2.62 bits per heavy atom. The molecule has 3 heterocycles. The normalized spacial score (nSPS) is 11.4. The number of nitriles is 1. The zero-order chi connectivity index (χ0) is 24.1. The number of carbonyl (C=O) groups excluding carboxylic acids is 1. The van der Waals surface area contributed by atoms with Crippen LogP contribution in [0.25, 0.3) is 11.0 Å². The third-order valence-electron chi connectivity index (χ3n) is 4.58. The molecule has 0 saturated carbocycles. The second kappa shape index (κ2) is 10.3. The number of nitrogens with one attached hydrogen (secondary N) is 1. The van der Waals surface area contributed by atoms with Gasteiger partial charge >= 0.3 is 0 Å². The van der Waals surface area contributed by atoms with E-state index in [1.807, 2.05) is 19.9 Å². The molecule has 1 aromatic carbocycles. The number of carbonyl (C=O) groups is 1. The van der Waals surface area contributed by atoms with Crippen LogP contribution in [0.1, 0.15) is 35.1 Å². The van der Waals surface area contributed by atoms with Gasteiger partial charge in [-0.15, -0.1) is 10.2 Å². The van der Waals surface area contributed by atoms with Gasteiger partial charge in [-0.25, -0.2) is 4.98 Å². The maximum atomic E-state index is 12.4. The number of aromatic nitrogens is 5. The number of amides is 1. The molecule has 12 heteroatoms. The minimum absolute atomic E-state index is 0.0594. The van der Waals surface area contributed by atoms with Gasteiger partial charge in [-0.2, -0.15) is 14.9 Å². The molecule has 34 heavy (non-hydrogen) atoms. The Kier molecular flexibility index (Phi) is 7.05. The first kappa shape index (κ1) is 23.2. The van der Waals surface area contributed by atoms with E-state index >= 15 is 0 Å². The number of fused-ring (bicyclic) bond motifs is 1. The molecule has 0 bridgehead atoms. The van der Waals surface area contributed by atoms with E-state index in [-0.39, 0.29) is 17.7 Å². The van der Waals surface area contributed by atoms with Crippen molar-refractivity contribution in [3.8, 4) is 11.8 Å². The van der Waals surface area contributed by atoms with E-state index in [0.29, 0.717) is 27.1 Å². The van der Waals surface area contributed by atoms with Gasteiger partial charge in [-0.3, -0.25) is 14.9 Å². The van der Waals surface area contributed by atoms with Gasteiger partial charge in [0.1, 0.15) is 34.0 Å². The highest BCUT2D eigenvalue weighted by Crippen LogP contribution is 2.19. The number of nitrogens with zero attached hydrogens (tertiary/aromatic N) is 6. The lowest BCUT2D eigenvalue weighted by molar-refractivity contribution is -0.112. The maximum Gasteiger partial charge on any atom is 0.275 e. The van der Waals surface area contributed by atoms with Crippen LogP contribution in [0.5, 0.6) is 5.75 Å². The summed E-state index contributed by atoms with van der Waals surface area (Å²) in [5.74, 6) is 0.00490. The first-order valence-corrected chi connectivity index (χ1v) is 12.0. The Morgan fingerprint density at radius 2 is 1.94 bits per heavy atom. The van der Waals surface area contributed by atoms with Crippen LogP contribution in [-0.2, 0) is 24.2 Å². The molecule has 3 aromatic heterocycles. The van der Waals surface area contributed by atoms with Crippen molar-refractivity contribution >= 4 is 44.7 Å². The number of hydrogen-bond acceptors (Lipinski definition) is 10. The molecule has 0 fully saturated rings. The van der Waals surface area contributed by atoms with Crippen LogP contribution in [0, 0.1) is 11.3 Å². The number of benzene rings is 1. The average Bonchev–Trinajstić information content (AvgIpc) is 3.48. The third kappa shape index (κ3) is 5.33. The van der Waals surface area contributed by atoms with Gasteiger partial charge in [0, 0.05) is 6.07 Å². The Labute approximate surface area is 202 Å². The number of hydrogen-bond donors (Lipinski definition) is 1. The van der Waals surface area contributed by atoms with Gasteiger partial charge in [0.15, 0.2) is 0 Å². The molecule has 0 aliphatic rings. The molecule has 172 valence electrons. The molecule has 0 saturated heterocycles. The van der Waals surface area contributed by atoms with Crippen LogP contribution < -0.4 is 15.6 Å². The molecule has 0 aliphatic carbocycles. The zero-order valence-electron chi connectivity index (χ0n) is 18.3. The van der Waals surface area contributed by atoms with E-state index < -0.39 is 5.91 Å². The van der Waals surface area contributed by atoms with E-state index in [9.17, 15) is 14.9 Å². The molecule has 4 aromatic rings. The molecular weight excluding hydrogens is 474 g/mol. The lowest BCUT2D eigenvalue weighted by atomic mass is 10.1. The predicted molar refractivity (Wildman–Crippen MR) is 129 cm³/mol. The molecule has 0 spiro atoms. The molecule has 0 aliphatic heterocycles. The van der Waals surface area contributed by atoms with Crippen molar-refractivity contribution in [1.82, 2.24) is 24.8 Å². The van der Waals surface area contributed by atoms with Crippen molar-refractivity contribution in [2.45, 2.75) is 33.3 Å². The van der Waals surface area contributed by atoms with E-state index in [1.165, 1.54) is 39.3 Å². The highest BCUT2D eigenvalue weighted by molar-refractivity contribution is 7.16. The zero-order valence-corrected chi connectivity index (χ0v) is 19.9. The highest BCUT2D eigenvalue weighted by Gasteiger charge is 2.13. The van der Waals surface area contributed by atoms with Crippen molar-refractivity contribution in [2.75, 3.05) is 5.32 Å². The average molecular weight is 494 g/mol. The number of anilines is 1. The Bertz CT molecular complexity index is 1460. The SMILES string of the molecule is CCc1nnc(NC(=O)/C(C#N)=C\c2ccc(OCc3cc(=O)n4nc(CC)sc4n3)cc2)s1. The molecular formula is C22H19N7O3S2. The summed E-state index contributed by atoms with van der Waals surface area (Å²) in [5.41, 5.74) is 0.851. The fourth-order valence-corrected chi connectivity index (χ4v) is 4.39. The second-order valence-electron chi connectivity index (χ2n) is 6.97. The van der Waals surface area contributed by atoms with Crippen LogP contribution >= 0.6 is 22.7 Å². The number of aryl methyl sites for hydroxylation is 2. The first-order chi connectivity index (χ1) is 16.5. The van der Waals surface area contributed by atoms with Gasteiger partial charge in [0.25, 0.3) is 11.5 Å². The Morgan fingerprint density at radius 1 is 1.18 bits per heavy atom. The molecule has 0 unspecified atom stereocenters. The lowest BCUT2D eigenvalue weighted by Gasteiger charge is -2.06. The quantitative estimate of drug-likeness (QED) is 0.292. The maximum absolute atomic E-state index is 12.4. The van der Waals surface area contributed by atoms with Crippen LogP contribution in [-0.4, -0.2) is 30.7 Å². The molecule has 10 nitrogen and oxygen atoms in total. The van der Waals surface area contributed by atoms with E-state index in [4.69, 9.17) is 4.74 Å². The van der Waals surface area contributed by atoms with Gasteiger partial charge in [-0.05, 0) is 36.6 Å². The monoisotopic (exact) mass is 493 g/mol. The molecule has 1 N–H and O–H groups in total. The van der Waals surface area contributed by atoms with Crippen LogP contribution in [0.15, 0.2) is 40.7 Å². The first-order valence-electron chi connectivity index (χ1n) is 10.4. The summed E-state index contributed by atoms with van der Waals surface area (Å²) < 4.78 is 7.05. The summed E-state index contributed by atoms with van der Waals surface area (Å²) in [6, 6.07) is 10.2. The minimum Gasteiger partial charge on any atom is -0.487 e. The second-order valence-corrected chi connectivity index (χ2v) is 9.07. The molecule has 1 amide bonds. The van der Waals surface area contributed by atoms with E-state index in [2.05, 4.69) is 25.6 Å². The van der Waals surface area contributed by atoms with Crippen molar-refractivity contribution in [3.05, 3.63) is 67.5 Å². The van der Waals surface area contributed by atoms with Crippen molar-refractivity contribution in [1.29, 1.82) is 5.26 Å². The summed E-state index contributed by atoms with van der Waals surface area (Å²) in [6.45, 7) is 4.03. The summed E-state index contributed by atoms with van der Waals surface area (Å²) in [7, 11) is 0. The minimum atomic E-state index is -0.552. The fourth-order valence-electron chi connectivity index (χ4n) is 2.86. The lowest BCUT2D eigenvalue weighted by Crippen LogP contribution is -2.16. The summed E-state index contributed by atoms with van der Waals surface area (Å²) >= 11 is 2.64. The van der Waals surface area contributed by atoms with Crippen molar-refractivity contribution < 1.29 is 9.53 Å². The number of ether oxygens (including phenoxy) is 1. The topological polar surface area (TPSA) is 135 Å². The third-order valence-corrected chi connectivity index (χ3v) is 6.61. The molecule has 0 atom stereocenters. The van der Waals surface area contributed by atoms with Gasteiger partial charge < -0.3 is 4.74 Å². The van der Waals surface area contributed by atoms with Gasteiger partial charge in [0.05, 0.1) is 5.69 Å². The van der Waals surface area contributed by atoms with E-state index in [1.54, 1.807) is 24.3 Å². The van der Waals surface area contributed by atoms with Crippen LogP contribution in [0.4, 0.5) is 5.13 Å². The number of rotatable bonds is 8.